The van der Waals surface area contributed by atoms with Crippen molar-refractivity contribution in [3.05, 3.63) is 36.0 Å². The maximum atomic E-state index is 5.74. The van der Waals surface area contributed by atoms with Crippen molar-refractivity contribution in [2.24, 2.45) is 11.7 Å². The zero-order valence-electron chi connectivity index (χ0n) is 11.4. The number of rotatable bonds is 4. The van der Waals surface area contributed by atoms with Crippen LogP contribution in [0.4, 0.5) is 0 Å². The Labute approximate surface area is 114 Å². The molecule has 0 radical (unpaired) electrons. The maximum Gasteiger partial charge on any atom is 0.0456 e. The molecule has 3 nitrogen and oxygen atoms in total. The second-order valence-corrected chi connectivity index (χ2v) is 5.63. The van der Waals surface area contributed by atoms with Gasteiger partial charge in [0, 0.05) is 23.6 Å². The van der Waals surface area contributed by atoms with Crippen LogP contribution in [-0.4, -0.2) is 36.1 Å². The van der Waals surface area contributed by atoms with E-state index in [0.29, 0.717) is 0 Å². The minimum atomic E-state index is 0.754. The van der Waals surface area contributed by atoms with Gasteiger partial charge in [0.2, 0.25) is 0 Å². The van der Waals surface area contributed by atoms with Crippen LogP contribution in [0, 0.1) is 5.92 Å². The third kappa shape index (κ3) is 2.82. The number of fused-ring (bicyclic) bond motifs is 1. The fourth-order valence-electron chi connectivity index (χ4n) is 3.06. The molecule has 3 heteroatoms. The lowest BCUT2D eigenvalue weighted by molar-refractivity contribution is 0.189. The van der Waals surface area contributed by atoms with Crippen molar-refractivity contribution in [2.45, 2.75) is 19.3 Å². The van der Waals surface area contributed by atoms with Crippen molar-refractivity contribution in [3.8, 4) is 0 Å². The van der Waals surface area contributed by atoms with E-state index in [2.05, 4.69) is 40.3 Å². The van der Waals surface area contributed by atoms with E-state index in [-0.39, 0.29) is 0 Å². The average Bonchev–Trinajstić information content (AvgIpc) is 2.89. The van der Waals surface area contributed by atoms with Crippen molar-refractivity contribution < 1.29 is 0 Å². The minimum absolute atomic E-state index is 0.754. The van der Waals surface area contributed by atoms with Gasteiger partial charge in [-0.2, -0.15) is 0 Å². The molecule has 0 unspecified atom stereocenters. The molecule has 1 aliphatic rings. The highest BCUT2D eigenvalue weighted by atomic mass is 15.1. The molecule has 2 heterocycles. The summed E-state index contributed by atoms with van der Waals surface area (Å²) < 4.78 is 0. The highest BCUT2D eigenvalue weighted by molar-refractivity contribution is 5.83. The number of aromatic nitrogens is 1. The van der Waals surface area contributed by atoms with Crippen LogP contribution < -0.4 is 5.73 Å². The summed E-state index contributed by atoms with van der Waals surface area (Å²) in [4.78, 5) is 5.93. The molecule has 3 N–H and O–H groups in total. The summed E-state index contributed by atoms with van der Waals surface area (Å²) in [6, 6.07) is 8.56. The first kappa shape index (κ1) is 12.7. The van der Waals surface area contributed by atoms with Crippen molar-refractivity contribution >= 4 is 10.9 Å². The van der Waals surface area contributed by atoms with E-state index in [1.807, 2.05) is 0 Å². The van der Waals surface area contributed by atoms with Gasteiger partial charge in [-0.3, -0.25) is 0 Å². The van der Waals surface area contributed by atoms with Crippen LogP contribution in [0.15, 0.2) is 30.5 Å². The first-order chi connectivity index (χ1) is 9.36. The van der Waals surface area contributed by atoms with Gasteiger partial charge >= 0.3 is 0 Å². The number of piperidine rings is 1. The standard InChI is InChI=1S/C16H23N3/c17-11-13-5-8-19(9-6-13)10-7-14-12-18-16-4-2-1-3-15(14)16/h1-4,12-13,18H,5-11,17H2. The van der Waals surface area contributed by atoms with Crippen molar-refractivity contribution in [2.75, 3.05) is 26.2 Å². The quantitative estimate of drug-likeness (QED) is 0.883. The number of para-hydroxylation sites is 1. The topological polar surface area (TPSA) is 45.0 Å². The van der Waals surface area contributed by atoms with Gasteiger partial charge < -0.3 is 15.6 Å². The highest BCUT2D eigenvalue weighted by Gasteiger charge is 2.17. The largest absolute Gasteiger partial charge is 0.361 e. The van der Waals surface area contributed by atoms with Crippen LogP contribution in [-0.2, 0) is 6.42 Å². The molecule has 1 aromatic carbocycles. The molecule has 102 valence electrons. The molecule has 0 amide bonds. The number of H-pyrrole nitrogens is 1. The van der Waals surface area contributed by atoms with Crippen LogP contribution in [0.3, 0.4) is 0 Å². The van der Waals surface area contributed by atoms with E-state index < -0.39 is 0 Å². The number of nitrogens with zero attached hydrogens (tertiary/aromatic N) is 1. The molecular formula is C16H23N3. The zero-order chi connectivity index (χ0) is 13.1. The number of likely N-dealkylation sites (tertiary alicyclic amines) is 1. The summed E-state index contributed by atoms with van der Waals surface area (Å²) in [6.07, 6.45) is 5.84. The molecule has 0 saturated carbocycles. The SMILES string of the molecule is NCC1CCN(CCc2c[nH]c3ccccc23)CC1. The number of nitrogens with one attached hydrogen (secondary N) is 1. The fourth-order valence-corrected chi connectivity index (χ4v) is 3.06. The van der Waals surface area contributed by atoms with Gasteiger partial charge in [0.1, 0.15) is 0 Å². The lowest BCUT2D eigenvalue weighted by atomic mass is 9.97. The molecule has 0 aliphatic carbocycles. The molecule has 1 saturated heterocycles. The first-order valence-electron chi connectivity index (χ1n) is 7.34. The Balaban J connectivity index is 1.58. The second kappa shape index (κ2) is 5.76. The number of hydrogen-bond acceptors (Lipinski definition) is 2. The van der Waals surface area contributed by atoms with Crippen LogP contribution in [0.2, 0.25) is 0 Å². The maximum absolute atomic E-state index is 5.74. The van der Waals surface area contributed by atoms with E-state index in [0.717, 1.165) is 18.9 Å². The Hall–Kier alpha value is -1.32. The van der Waals surface area contributed by atoms with Gasteiger partial charge in [-0.05, 0) is 56.4 Å². The van der Waals surface area contributed by atoms with Crippen molar-refractivity contribution in [1.82, 2.24) is 9.88 Å². The molecular weight excluding hydrogens is 234 g/mol. The lowest BCUT2D eigenvalue weighted by Gasteiger charge is -2.31. The van der Waals surface area contributed by atoms with Gasteiger partial charge in [0.25, 0.3) is 0 Å². The van der Waals surface area contributed by atoms with E-state index in [1.165, 1.54) is 48.9 Å². The number of hydrogen-bond donors (Lipinski definition) is 2. The predicted octanol–water partition coefficient (Wildman–Crippen LogP) is 2.38. The first-order valence-corrected chi connectivity index (χ1v) is 7.34. The smallest absolute Gasteiger partial charge is 0.0456 e. The van der Waals surface area contributed by atoms with Gasteiger partial charge in [0.05, 0.1) is 0 Å². The number of benzene rings is 1. The summed E-state index contributed by atoms with van der Waals surface area (Å²) in [5.74, 6) is 0.754. The molecule has 1 aliphatic heterocycles. The summed E-state index contributed by atoms with van der Waals surface area (Å²) in [5.41, 5.74) is 8.43. The minimum Gasteiger partial charge on any atom is -0.361 e. The van der Waals surface area contributed by atoms with E-state index in [4.69, 9.17) is 5.73 Å². The second-order valence-electron chi connectivity index (χ2n) is 5.63. The summed E-state index contributed by atoms with van der Waals surface area (Å²) in [6.45, 7) is 4.45. The third-order valence-electron chi connectivity index (χ3n) is 4.41. The molecule has 0 bridgehead atoms. The Kier molecular flexibility index (Phi) is 3.85. The molecule has 19 heavy (non-hydrogen) atoms. The monoisotopic (exact) mass is 257 g/mol. The van der Waals surface area contributed by atoms with E-state index >= 15 is 0 Å². The molecule has 1 fully saturated rings. The van der Waals surface area contributed by atoms with Crippen molar-refractivity contribution in [3.63, 3.8) is 0 Å². The van der Waals surface area contributed by atoms with E-state index in [1.54, 1.807) is 0 Å². The summed E-state index contributed by atoms with van der Waals surface area (Å²) in [5, 5.41) is 1.37. The van der Waals surface area contributed by atoms with Gasteiger partial charge in [-0.1, -0.05) is 18.2 Å². The lowest BCUT2D eigenvalue weighted by Crippen LogP contribution is -2.37. The van der Waals surface area contributed by atoms with Crippen LogP contribution in [0.1, 0.15) is 18.4 Å². The summed E-state index contributed by atoms with van der Waals surface area (Å²) >= 11 is 0. The molecule has 0 spiro atoms. The summed E-state index contributed by atoms with van der Waals surface area (Å²) in [7, 11) is 0. The van der Waals surface area contributed by atoms with Gasteiger partial charge in [0.15, 0.2) is 0 Å². The van der Waals surface area contributed by atoms with Gasteiger partial charge in [-0.15, -0.1) is 0 Å². The van der Waals surface area contributed by atoms with Crippen LogP contribution in [0.5, 0.6) is 0 Å². The Morgan fingerprint density at radius 3 is 2.79 bits per heavy atom. The van der Waals surface area contributed by atoms with E-state index in [9.17, 15) is 0 Å². The van der Waals surface area contributed by atoms with Crippen molar-refractivity contribution in [1.29, 1.82) is 0 Å². The Bertz CT molecular complexity index is 524. The fraction of sp³-hybridized carbons (Fsp3) is 0.500. The molecule has 3 rings (SSSR count). The number of aromatic amines is 1. The highest BCUT2D eigenvalue weighted by Crippen LogP contribution is 2.20. The normalized spacial score (nSPS) is 18.2. The Morgan fingerprint density at radius 2 is 2.00 bits per heavy atom. The predicted molar refractivity (Wildman–Crippen MR) is 80.2 cm³/mol. The van der Waals surface area contributed by atoms with Crippen LogP contribution in [0.25, 0.3) is 10.9 Å². The van der Waals surface area contributed by atoms with Gasteiger partial charge in [-0.25, -0.2) is 0 Å². The average molecular weight is 257 g/mol. The van der Waals surface area contributed by atoms with Crippen LogP contribution >= 0.6 is 0 Å². The molecule has 1 aromatic heterocycles. The molecule has 0 atom stereocenters. The third-order valence-corrected chi connectivity index (χ3v) is 4.41. The number of nitrogens with two attached hydrogens (primary N) is 1. The zero-order valence-corrected chi connectivity index (χ0v) is 11.4. The Morgan fingerprint density at radius 1 is 1.21 bits per heavy atom. The molecule has 2 aromatic rings.